The maximum absolute atomic E-state index is 11.6. The van der Waals surface area contributed by atoms with Gasteiger partial charge in [0.05, 0.1) is 29.6 Å². The van der Waals surface area contributed by atoms with Gasteiger partial charge in [0.15, 0.2) is 5.13 Å². The summed E-state index contributed by atoms with van der Waals surface area (Å²) in [6, 6.07) is 9.87. The minimum atomic E-state index is -0.386. The van der Waals surface area contributed by atoms with Gasteiger partial charge in [0.1, 0.15) is 0 Å². The van der Waals surface area contributed by atoms with Gasteiger partial charge in [0.2, 0.25) is 0 Å². The van der Waals surface area contributed by atoms with Gasteiger partial charge in [-0.3, -0.25) is 0 Å². The van der Waals surface area contributed by atoms with Gasteiger partial charge in [-0.05, 0) is 24.6 Å². The van der Waals surface area contributed by atoms with Crippen LogP contribution < -0.4 is 5.32 Å². The monoisotopic (exact) mass is 354 g/mol. The van der Waals surface area contributed by atoms with E-state index in [2.05, 4.69) is 15.4 Å². The summed E-state index contributed by atoms with van der Waals surface area (Å²) in [6.45, 7) is 1.87. The number of anilines is 1. The average Bonchev–Trinajstić information content (AvgIpc) is 3.29. The third kappa shape index (κ3) is 3.61. The molecule has 25 heavy (non-hydrogen) atoms. The Kier molecular flexibility index (Phi) is 4.95. The molecule has 0 saturated carbocycles. The number of hydrogen-bond donors (Lipinski definition) is 1. The highest BCUT2D eigenvalue weighted by Crippen LogP contribution is 2.35. The molecule has 6 nitrogen and oxygen atoms in total. The number of methoxy groups -OCH3 is 1. The van der Waals surface area contributed by atoms with Crippen LogP contribution in [0.2, 0.25) is 0 Å². The lowest BCUT2D eigenvalue weighted by molar-refractivity contribution is -0.134. The zero-order valence-corrected chi connectivity index (χ0v) is 15.0. The predicted octanol–water partition coefficient (Wildman–Crippen LogP) is 3.61. The van der Waals surface area contributed by atoms with E-state index in [-0.39, 0.29) is 5.97 Å². The number of carbonyl (C=O) groups excluding carboxylic acids is 1. The van der Waals surface area contributed by atoms with E-state index in [0.29, 0.717) is 0 Å². The van der Waals surface area contributed by atoms with E-state index >= 15 is 0 Å². The van der Waals surface area contributed by atoms with Crippen LogP contribution >= 0.6 is 11.3 Å². The van der Waals surface area contributed by atoms with Crippen molar-refractivity contribution in [3.63, 3.8) is 0 Å². The van der Waals surface area contributed by atoms with Crippen molar-refractivity contribution in [1.82, 2.24) is 14.8 Å². The van der Waals surface area contributed by atoms with Crippen molar-refractivity contribution in [2.24, 2.45) is 0 Å². The summed E-state index contributed by atoms with van der Waals surface area (Å²) in [5, 5.41) is 8.25. The molecule has 0 atom stereocenters. The zero-order valence-electron chi connectivity index (χ0n) is 14.2. The molecule has 0 aliphatic heterocycles. The van der Waals surface area contributed by atoms with Gasteiger partial charge in [0, 0.05) is 24.9 Å². The SMILES string of the molecule is CNc1nc(-c2cnn(-c3ccccc3)c2)c(/C(C)=C/C(=O)OC)s1. The highest BCUT2D eigenvalue weighted by Gasteiger charge is 2.17. The second-order valence-electron chi connectivity index (χ2n) is 5.31. The Labute approximate surface area is 149 Å². The fourth-order valence-electron chi connectivity index (χ4n) is 2.36. The van der Waals surface area contributed by atoms with Crippen LogP contribution in [0.1, 0.15) is 11.8 Å². The van der Waals surface area contributed by atoms with Gasteiger partial charge in [-0.15, -0.1) is 0 Å². The fraction of sp³-hybridized carbons (Fsp3) is 0.167. The lowest BCUT2D eigenvalue weighted by atomic mass is 10.1. The molecule has 0 bridgehead atoms. The lowest BCUT2D eigenvalue weighted by Crippen LogP contribution is -1.95. The topological polar surface area (TPSA) is 69.0 Å². The first-order valence-electron chi connectivity index (χ1n) is 7.68. The van der Waals surface area contributed by atoms with Crippen molar-refractivity contribution < 1.29 is 9.53 Å². The van der Waals surface area contributed by atoms with Crippen molar-refractivity contribution >= 4 is 28.0 Å². The third-order valence-electron chi connectivity index (χ3n) is 3.61. The summed E-state index contributed by atoms with van der Waals surface area (Å²) in [4.78, 5) is 17.1. The molecule has 0 spiro atoms. The molecule has 2 aromatic heterocycles. The van der Waals surface area contributed by atoms with E-state index < -0.39 is 0 Å². The number of carbonyl (C=O) groups is 1. The minimum absolute atomic E-state index is 0.386. The summed E-state index contributed by atoms with van der Waals surface area (Å²) >= 11 is 1.48. The van der Waals surface area contributed by atoms with Gasteiger partial charge >= 0.3 is 5.97 Å². The molecule has 128 valence electrons. The zero-order chi connectivity index (χ0) is 17.8. The van der Waals surface area contributed by atoms with E-state index in [4.69, 9.17) is 4.74 Å². The van der Waals surface area contributed by atoms with E-state index in [1.807, 2.05) is 50.5 Å². The van der Waals surface area contributed by atoms with E-state index in [0.717, 1.165) is 32.5 Å². The highest BCUT2D eigenvalue weighted by atomic mass is 32.1. The third-order valence-corrected chi connectivity index (χ3v) is 4.82. The van der Waals surface area contributed by atoms with Crippen molar-refractivity contribution in [3.05, 3.63) is 53.7 Å². The van der Waals surface area contributed by atoms with Gasteiger partial charge in [0.25, 0.3) is 0 Å². The first kappa shape index (κ1) is 16.9. The van der Waals surface area contributed by atoms with Gasteiger partial charge < -0.3 is 10.1 Å². The predicted molar refractivity (Wildman–Crippen MR) is 99.9 cm³/mol. The standard InChI is InChI=1S/C18H18N4O2S/c1-12(9-15(23)24-3)17-16(21-18(19-2)25-17)13-10-20-22(11-13)14-7-5-4-6-8-14/h4-11H,1-3H3,(H,19,21)/b12-9+. The van der Waals surface area contributed by atoms with Crippen molar-refractivity contribution in [2.45, 2.75) is 6.92 Å². The number of ether oxygens (including phenoxy) is 1. The highest BCUT2D eigenvalue weighted by molar-refractivity contribution is 7.17. The summed E-state index contributed by atoms with van der Waals surface area (Å²) in [6.07, 6.45) is 5.17. The number of nitrogens with zero attached hydrogens (tertiary/aromatic N) is 3. The number of thiazole rings is 1. The molecule has 2 heterocycles. The first-order valence-corrected chi connectivity index (χ1v) is 8.49. The van der Waals surface area contributed by atoms with Crippen LogP contribution in [0.4, 0.5) is 5.13 Å². The van der Waals surface area contributed by atoms with E-state index in [9.17, 15) is 4.79 Å². The molecule has 0 amide bonds. The Morgan fingerprint density at radius 3 is 2.76 bits per heavy atom. The Bertz CT molecular complexity index is 912. The second-order valence-corrected chi connectivity index (χ2v) is 6.31. The number of nitrogens with one attached hydrogen (secondary N) is 1. The Morgan fingerprint density at radius 1 is 1.32 bits per heavy atom. The van der Waals surface area contributed by atoms with Crippen LogP contribution in [-0.4, -0.2) is 34.9 Å². The number of hydrogen-bond acceptors (Lipinski definition) is 6. The molecule has 0 unspecified atom stereocenters. The quantitative estimate of drug-likeness (QED) is 0.560. The van der Waals surface area contributed by atoms with Gasteiger partial charge in [-0.2, -0.15) is 5.10 Å². The summed E-state index contributed by atoms with van der Waals surface area (Å²) in [5.74, 6) is -0.386. The molecule has 0 aliphatic carbocycles. The van der Waals surface area contributed by atoms with Crippen molar-refractivity contribution in [1.29, 1.82) is 0 Å². The van der Waals surface area contributed by atoms with Crippen LogP contribution in [0.25, 0.3) is 22.5 Å². The number of para-hydroxylation sites is 1. The molecule has 1 aromatic carbocycles. The normalized spacial score (nSPS) is 11.4. The van der Waals surface area contributed by atoms with Gasteiger partial charge in [-0.1, -0.05) is 29.5 Å². The number of rotatable bonds is 5. The molecule has 1 N–H and O–H groups in total. The smallest absolute Gasteiger partial charge is 0.330 e. The molecule has 0 fully saturated rings. The average molecular weight is 354 g/mol. The molecule has 7 heteroatoms. The van der Waals surface area contributed by atoms with Crippen molar-refractivity contribution in [2.75, 3.05) is 19.5 Å². The molecule has 0 saturated heterocycles. The molecular weight excluding hydrogens is 336 g/mol. The number of allylic oxidation sites excluding steroid dienone is 1. The van der Waals surface area contributed by atoms with Gasteiger partial charge in [-0.25, -0.2) is 14.5 Å². The molecule has 0 radical (unpaired) electrons. The minimum Gasteiger partial charge on any atom is -0.466 e. The molecular formula is C18H18N4O2S. The maximum atomic E-state index is 11.6. The lowest BCUT2D eigenvalue weighted by Gasteiger charge is -2.01. The molecule has 0 aliphatic rings. The number of benzene rings is 1. The largest absolute Gasteiger partial charge is 0.466 e. The fourth-order valence-corrected chi connectivity index (χ4v) is 3.27. The van der Waals surface area contributed by atoms with Crippen LogP contribution in [0.5, 0.6) is 0 Å². The number of aromatic nitrogens is 3. The van der Waals surface area contributed by atoms with E-state index in [1.165, 1.54) is 24.5 Å². The Morgan fingerprint density at radius 2 is 2.08 bits per heavy atom. The van der Waals surface area contributed by atoms with Crippen LogP contribution in [0.3, 0.4) is 0 Å². The summed E-state index contributed by atoms with van der Waals surface area (Å²) < 4.78 is 6.52. The van der Waals surface area contributed by atoms with Crippen LogP contribution in [-0.2, 0) is 9.53 Å². The Hall–Kier alpha value is -2.93. The Balaban J connectivity index is 2.03. The maximum Gasteiger partial charge on any atom is 0.330 e. The first-order chi connectivity index (χ1) is 12.1. The molecule has 3 rings (SSSR count). The summed E-state index contributed by atoms with van der Waals surface area (Å²) in [7, 11) is 3.18. The molecule has 3 aromatic rings. The van der Waals surface area contributed by atoms with E-state index in [1.54, 1.807) is 10.9 Å². The number of esters is 1. The summed E-state index contributed by atoms with van der Waals surface area (Å²) in [5.41, 5.74) is 3.44. The van der Waals surface area contributed by atoms with Crippen LogP contribution in [0.15, 0.2) is 48.8 Å². The second kappa shape index (κ2) is 7.31. The van der Waals surface area contributed by atoms with Crippen LogP contribution in [0, 0.1) is 0 Å². The van der Waals surface area contributed by atoms with Crippen molar-refractivity contribution in [3.8, 4) is 16.9 Å².